The van der Waals surface area contributed by atoms with Gasteiger partial charge in [-0.2, -0.15) is 0 Å². The van der Waals surface area contributed by atoms with E-state index in [0.29, 0.717) is 0 Å². The third-order valence-electron chi connectivity index (χ3n) is 2.68. The molecular formula is C15H15O2. The Bertz CT molecular complexity index is 496. The lowest BCUT2D eigenvalue weighted by Gasteiger charge is -2.10. The van der Waals surface area contributed by atoms with Crippen LogP contribution in [0.5, 0.6) is 11.5 Å². The zero-order chi connectivity index (χ0) is 12.3. The van der Waals surface area contributed by atoms with Gasteiger partial charge in [0, 0.05) is 6.07 Å². The van der Waals surface area contributed by atoms with Gasteiger partial charge in [0.15, 0.2) is 0 Å². The van der Waals surface area contributed by atoms with Gasteiger partial charge < -0.3 is 9.47 Å². The van der Waals surface area contributed by atoms with Crippen molar-refractivity contribution in [1.29, 1.82) is 0 Å². The van der Waals surface area contributed by atoms with Crippen LogP contribution in [-0.4, -0.2) is 14.2 Å². The number of methoxy groups -OCH3 is 2. The van der Waals surface area contributed by atoms with Crippen molar-refractivity contribution in [1.82, 2.24) is 0 Å². The fourth-order valence-electron chi connectivity index (χ4n) is 1.76. The topological polar surface area (TPSA) is 18.5 Å². The first-order valence-corrected chi connectivity index (χ1v) is 5.39. The summed E-state index contributed by atoms with van der Waals surface area (Å²) in [5, 5.41) is 0. The minimum absolute atomic E-state index is 0.780. The number of rotatable bonds is 3. The average Bonchev–Trinajstić information content (AvgIpc) is 2.38. The number of hydrogen-bond acceptors (Lipinski definition) is 2. The highest BCUT2D eigenvalue weighted by atomic mass is 16.5. The van der Waals surface area contributed by atoms with Gasteiger partial charge in [0.1, 0.15) is 11.5 Å². The molecule has 0 saturated heterocycles. The Kier molecular flexibility index (Phi) is 3.33. The maximum Gasteiger partial charge on any atom is 0.123 e. The summed E-state index contributed by atoms with van der Waals surface area (Å²) in [6.45, 7) is 4.03. The lowest BCUT2D eigenvalue weighted by Crippen LogP contribution is -1.90. The Hall–Kier alpha value is -1.96. The van der Waals surface area contributed by atoms with Crippen LogP contribution in [0.2, 0.25) is 0 Å². The van der Waals surface area contributed by atoms with E-state index >= 15 is 0 Å². The van der Waals surface area contributed by atoms with Crippen molar-refractivity contribution in [3.05, 3.63) is 55.0 Å². The molecule has 0 amide bonds. The number of benzene rings is 2. The van der Waals surface area contributed by atoms with Crippen molar-refractivity contribution in [2.24, 2.45) is 0 Å². The van der Waals surface area contributed by atoms with E-state index in [4.69, 9.17) is 9.47 Å². The summed E-state index contributed by atoms with van der Waals surface area (Å²) in [6.07, 6.45) is 0. The molecule has 2 nitrogen and oxygen atoms in total. The lowest BCUT2D eigenvalue weighted by molar-refractivity contribution is 0.394. The largest absolute Gasteiger partial charge is 0.497 e. The maximum atomic E-state index is 5.26. The summed E-state index contributed by atoms with van der Waals surface area (Å²) in [7, 11) is 3.29. The van der Waals surface area contributed by atoms with E-state index in [1.165, 1.54) is 0 Å². The summed E-state index contributed by atoms with van der Waals surface area (Å²) in [4.78, 5) is 0. The maximum absolute atomic E-state index is 5.26. The molecule has 2 aromatic carbocycles. The number of ether oxygens (including phenoxy) is 2. The van der Waals surface area contributed by atoms with Gasteiger partial charge in [0.2, 0.25) is 0 Å². The molecule has 0 unspecified atom stereocenters. The van der Waals surface area contributed by atoms with Crippen LogP contribution in [0, 0.1) is 6.92 Å². The predicted octanol–water partition coefficient (Wildman–Crippen LogP) is 3.55. The zero-order valence-corrected chi connectivity index (χ0v) is 10.1. The Morgan fingerprint density at radius 2 is 1.47 bits per heavy atom. The molecule has 2 aromatic rings. The molecule has 0 aliphatic carbocycles. The molecule has 0 aromatic heterocycles. The van der Waals surface area contributed by atoms with Crippen LogP contribution in [0.4, 0.5) is 0 Å². The minimum Gasteiger partial charge on any atom is -0.497 e. The molecule has 0 N–H and O–H groups in total. The molecule has 0 bridgehead atoms. The van der Waals surface area contributed by atoms with E-state index in [1.54, 1.807) is 14.2 Å². The first-order valence-electron chi connectivity index (χ1n) is 5.39. The Labute approximate surface area is 102 Å². The van der Waals surface area contributed by atoms with Gasteiger partial charge in [-0.25, -0.2) is 0 Å². The molecule has 0 atom stereocenters. The SMILES string of the molecule is [CH2]c1ccccc1-c1cc(OC)cc(OC)c1. The first-order chi connectivity index (χ1) is 8.24. The first kappa shape index (κ1) is 11.5. The van der Waals surface area contributed by atoms with Gasteiger partial charge in [-0.3, -0.25) is 0 Å². The van der Waals surface area contributed by atoms with Gasteiger partial charge in [-0.1, -0.05) is 24.3 Å². The van der Waals surface area contributed by atoms with Crippen molar-refractivity contribution in [2.45, 2.75) is 0 Å². The molecule has 2 heteroatoms. The molecule has 0 spiro atoms. The van der Waals surface area contributed by atoms with Crippen LogP contribution >= 0.6 is 0 Å². The molecule has 2 rings (SSSR count). The van der Waals surface area contributed by atoms with Crippen LogP contribution in [0.15, 0.2) is 42.5 Å². The van der Waals surface area contributed by atoms with E-state index in [2.05, 4.69) is 6.92 Å². The van der Waals surface area contributed by atoms with Crippen LogP contribution in [0.3, 0.4) is 0 Å². The van der Waals surface area contributed by atoms with E-state index in [1.807, 2.05) is 42.5 Å². The predicted molar refractivity (Wildman–Crippen MR) is 69.4 cm³/mol. The summed E-state index contributed by atoms with van der Waals surface area (Å²) >= 11 is 0. The molecule has 0 saturated carbocycles. The fourth-order valence-corrected chi connectivity index (χ4v) is 1.76. The molecule has 0 aliphatic rings. The molecule has 87 valence electrons. The molecule has 0 fully saturated rings. The van der Waals surface area contributed by atoms with E-state index < -0.39 is 0 Å². The molecule has 0 heterocycles. The quantitative estimate of drug-likeness (QED) is 0.798. The summed E-state index contributed by atoms with van der Waals surface area (Å²) in [5.74, 6) is 1.56. The van der Waals surface area contributed by atoms with Crippen LogP contribution in [0.25, 0.3) is 11.1 Å². The van der Waals surface area contributed by atoms with Crippen LogP contribution in [-0.2, 0) is 0 Å². The highest BCUT2D eigenvalue weighted by molar-refractivity contribution is 5.71. The summed E-state index contributed by atoms with van der Waals surface area (Å²) < 4.78 is 10.5. The second kappa shape index (κ2) is 4.91. The van der Waals surface area contributed by atoms with Crippen molar-refractivity contribution < 1.29 is 9.47 Å². The molecule has 17 heavy (non-hydrogen) atoms. The van der Waals surface area contributed by atoms with Gasteiger partial charge >= 0.3 is 0 Å². The van der Waals surface area contributed by atoms with Gasteiger partial charge in [0.05, 0.1) is 14.2 Å². The highest BCUT2D eigenvalue weighted by Crippen LogP contribution is 2.31. The van der Waals surface area contributed by atoms with E-state index in [0.717, 1.165) is 28.2 Å². The lowest BCUT2D eigenvalue weighted by atomic mass is 10.0. The van der Waals surface area contributed by atoms with Crippen molar-refractivity contribution in [2.75, 3.05) is 14.2 Å². The van der Waals surface area contributed by atoms with Crippen LogP contribution < -0.4 is 9.47 Å². The van der Waals surface area contributed by atoms with Crippen LogP contribution in [0.1, 0.15) is 5.56 Å². The van der Waals surface area contributed by atoms with E-state index in [9.17, 15) is 0 Å². The third-order valence-corrected chi connectivity index (χ3v) is 2.68. The van der Waals surface area contributed by atoms with Gasteiger partial charge in [-0.15, -0.1) is 0 Å². The minimum atomic E-state index is 0.780. The zero-order valence-electron chi connectivity index (χ0n) is 10.1. The average molecular weight is 227 g/mol. The van der Waals surface area contributed by atoms with E-state index in [-0.39, 0.29) is 0 Å². The van der Waals surface area contributed by atoms with Crippen molar-refractivity contribution in [3.63, 3.8) is 0 Å². The highest BCUT2D eigenvalue weighted by Gasteiger charge is 2.05. The van der Waals surface area contributed by atoms with Crippen molar-refractivity contribution in [3.8, 4) is 22.6 Å². The number of hydrogen-bond donors (Lipinski definition) is 0. The fraction of sp³-hybridized carbons (Fsp3) is 0.133. The smallest absolute Gasteiger partial charge is 0.123 e. The summed E-state index contributed by atoms with van der Waals surface area (Å²) in [6, 6.07) is 13.8. The third kappa shape index (κ3) is 2.41. The standard InChI is InChI=1S/C15H15O2/c1-11-6-4-5-7-15(11)12-8-13(16-2)10-14(9-12)17-3/h4-10H,1H2,2-3H3. The van der Waals surface area contributed by atoms with Crippen molar-refractivity contribution >= 4 is 0 Å². The van der Waals surface area contributed by atoms with Gasteiger partial charge in [-0.05, 0) is 35.7 Å². The Morgan fingerprint density at radius 1 is 0.882 bits per heavy atom. The molecule has 0 aliphatic heterocycles. The van der Waals surface area contributed by atoms with Gasteiger partial charge in [0.25, 0.3) is 0 Å². The Balaban J connectivity index is 2.55. The molecule has 1 radical (unpaired) electrons. The Morgan fingerprint density at radius 3 is 2.00 bits per heavy atom. The second-order valence-corrected chi connectivity index (χ2v) is 3.76. The normalized spacial score (nSPS) is 10.1. The monoisotopic (exact) mass is 227 g/mol. The molecular weight excluding hydrogens is 212 g/mol. The second-order valence-electron chi connectivity index (χ2n) is 3.76. The summed E-state index contributed by atoms with van der Waals surface area (Å²) in [5.41, 5.74) is 3.12.